The summed E-state index contributed by atoms with van der Waals surface area (Å²) < 4.78 is 0. The van der Waals surface area contributed by atoms with E-state index in [0.29, 0.717) is 11.7 Å². The molecule has 0 aliphatic heterocycles. The van der Waals surface area contributed by atoms with Crippen LogP contribution in [0.4, 0.5) is 0 Å². The number of aromatic hydroxyl groups is 1. The highest BCUT2D eigenvalue weighted by molar-refractivity contribution is 5.85. The minimum Gasteiger partial charge on any atom is -0.508 e. The largest absolute Gasteiger partial charge is 0.508 e. The lowest BCUT2D eigenvalue weighted by Gasteiger charge is -2.13. The van der Waals surface area contributed by atoms with Gasteiger partial charge in [-0.2, -0.15) is 0 Å². The molecule has 0 aromatic heterocycles. The number of nitrogens with two attached hydrogens (primary N) is 1. The van der Waals surface area contributed by atoms with E-state index in [-0.39, 0.29) is 18.4 Å². The molecule has 1 aromatic rings. The molecule has 0 heterocycles. The van der Waals surface area contributed by atoms with Crippen molar-refractivity contribution in [3.63, 3.8) is 0 Å². The average Bonchev–Trinajstić information content (AvgIpc) is 2.91. The lowest BCUT2D eigenvalue weighted by molar-refractivity contribution is 0.456. The number of rotatable bonds is 2. The number of hydrogen-bond donors (Lipinski definition) is 2. The van der Waals surface area contributed by atoms with E-state index in [1.54, 1.807) is 6.07 Å². The van der Waals surface area contributed by atoms with Gasteiger partial charge in [0.15, 0.2) is 0 Å². The number of halogens is 1. The highest BCUT2D eigenvalue weighted by atomic mass is 35.5. The minimum absolute atomic E-state index is 0. The maximum atomic E-state index is 9.60. The topological polar surface area (TPSA) is 46.2 Å². The van der Waals surface area contributed by atoms with Crippen LogP contribution in [0.3, 0.4) is 0 Å². The summed E-state index contributed by atoms with van der Waals surface area (Å²) in [5.74, 6) is 0.928. The molecule has 2 nitrogen and oxygen atoms in total. The van der Waals surface area contributed by atoms with Gasteiger partial charge in [0.05, 0.1) is 0 Å². The minimum atomic E-state index is 0. The van der Waals surface area contributed by atoms with Crippen LogP contribution in [-0.2, 0) is 0 Å². The van der Waals surface area contributed by atoms with Gasteiger partial charge in [-0.1, -0.05) is 17.7 Å². The second-order valence-electron chi connectivity index (χ2n) is 3.93. The Morgan fingerprint density at radius 3 is 2.64 bits per heavy atom. The zero-order valence-electron chi connectivity index (χ0n) is 8.23. The molecule has 1 aromatic carbocycles. The van der Waals surface area contributed by atoms with E-state index in [0.717, 1.165) is 11.1 Å². The van der Waals surface area contributed by atoms with Crippen molar-refractivity contribution in [2.24, 2.45) is 11.7 Å². The summed E-state index contributed by atoms with van der Waals surface area (Å²) in [5.41, 5.74) is 8.07. The van der Waals surface area contributed by atoms with E-state index < -0.39 is 0 Å². The Balaban J connectivity index is 0.000000980. The molecule has 78 valence electrons. The van der Waals surface area contributed by atoms with E-state index in [1.807, 2.05) is 19.1 Å². The summed E-state index contributed by atoms with van der Waals surface area (Å²) in [7, 11) is 0. The van der Waals surface area contributed by atoms with Gasteiger partial charge in [-0.15, -0.1) is 12.4 Å². The number of aryl methyl sites for hydroxylation is 1. The van der Waals surface area contributed by atoms with Crippen molar-refractivity contribution in [3.8, 4) is 5.75 Å². The molecule has 3 heteroatoms. The Morgan fingerprint density at radius 2 is 2.07 bits per heavy atom. The predicted octanol–water partition coefficient (Wildman–Crippen LogP) is 2.53. The van der Waals surface area contributed by atoms with Gasteiger partial charge in [0, 0.05) is 11.6 Å². The highest BCUT2D eigenvalue weighted by Gasteiger charge is 2.30. The quantitative estimate of drug-likeness (QED) is 0.793. The second kappa shape index (κ2) is 4.20. The first-order chi connectivity index (χ1) is 6.18. The lowest BCUT2D eigenvalue weighted by atomic mass is 10.0. The fraction of sp³-hybridized carbons (Fsp3) is 0.455. The average molecular weight is 214 g/mol. The van der Waals surface area contributed by atoms with Gasteiger partial charge in [0.2, 0.25) is 0 Å². The van der Waals surface area contributed by atoms with Crippen molar-refractivity contribution < 1.29 is 5.11 Å². The Morgan fingerprint density at radius 1 is 1.43 bits per heavy atom. The summed E-state index contributed by atoms with van der Waals surface area (Å²) in [6, 6.07) is 5.64. The molecule has 3 N–H and O–H groups in total. The Kier molecular flexibility index (Phi) is 3.40. The maximum Gasteiger partial charge on any atom is 0.120 e. The normalized spacial score (nSPS) is 17.3. The molecule has 0 bridgehead atoms. The smallest absolute Gasteiger partial charge is 0.120 e. The van der Waals surface area contributed by atoms with Crippen molar-refractivity contribution in [3.05, 3.63) is 29.3 Å². The first-order valence-electron chi connectivity index (χ1n) is 4.73. The predicted molar refractivity (Wildman–Crippen MR) is 59.7 cm³/mol. The molecule has 0 radical (unpaired) electrons. The third kappa shape index (κ3) is 2.20. The summed E-state index contributed by atoms with van der Waals surface area (Å²) >= 11 is 0. The number of benzene rings is 1. The first-order valence-corrected chi connectivity index (χ1v) is 4.73. The van der Waals surface area contributed by atoms with Crippen LogP contribution in [0.15, 0.2) is 18.2 Å². The maximum absolute atomic E-state index is 9.60. The van der Waals surface area contributed by atoms with Crippen molar-refractivity contribution in [2.45, 2.75) is 25.8 Å². The third-order valence-electron chi connectivity index (χ3n) is 2.67. The molecule has 1 aliphatic rings. The zero-order chi connectivity index (χ0) is 9.42. The molecule has 1 saturated carbocycles. The van der Waals surface area contributed by atoms with Crippen LogP contribution in [-0.4, -0.2) is 5.11 Å². The molecule has 0 amide bonds. The van der Waals surface area contributed by atoms with Gasteiger partial charge in [-0.05, 0) is 31.7 Å². The molecular weight excluding hydrogens is 198 g/mol. The molecule has 1 fully saturated rings. The van der Waals surface area contributed by atoms with Gasteiger partial charge in [0.1, 0.15) is 5.75 Å². The molecule has 0 spiro atoms. The van der Waals surface area contributed by atoms with Gasteiger partial charge in [-0.25, -0.2) is 0 Å². The van der Waals surface area contributed by atoms with Crippen LogP contribution in [0.25, 0.3) is 0 Å². The van der Waals surface area contributed by atoms with Gasteiger partial charge >= 0.3 is 0 Å². The third-order valence-corrected chi connectivity index (χ3v) is 2.67. The molecule has 1 atom stereocenters. The summed E-state index contributed by atoms with van der Waals surface area (Å²) in [6.45, 7) is 2.02. The van der Waals surface area contributed by atoms with Gasteiger partial charge < -0.3 is 10.8 Å². The standard InChI is InChI=1S/C11H15NO.ClH/c1-7-2-5-10(13)9(6-7)11(12)8-3-4-8;/h2,5-6,8,11,13H,3-4,12H2,1H3;1H/t11-;/m0./s1. The van der Waals surface area contributed by atoms with Crippen molar-refractivity contribution in [2.75, 3.05) is 0 Å². The fourth-order valence-electron chi connectivity index (χ4n) is 1.65. The van der Waals surface area contributed by atoms with Crippen LogP contribution < -0.4 is 5.73 Å². The number of phenols is 1. The molecule has 14 heavy (non-hydrogen) atoms. The Bertz CT molecular complexity index is 323. The van der Waals surface area contributed by atoms with Crippen LogP contribution in [0, 0.1) is 12.8 Å². The Hall–Kier alpha value is -0.730. The van der Waals surface area contributed by atoms with E-state index in [1.165, 1.54) is 12.8 Å². The Labute approximate surface area is 90.5 Å². The van der Waals surface area contributed by atoms with E-state index in [4.69, 9.17) is 5.73 Å². The fourth-order valence-corrected chi connectivity index (χ4v) is 1.65. The summed E-state index contributed by atoms with van der Waals surface area (Å²) in [5, 5.41) is 9.60. The van der Waals surface area contributed by atoms with Crippen molar-refractivity contribution in [1.29, 1.82) is 0 Å². The summed E-state index contributed by atoms with van der Waals surface area (Å²) in [4.78, 5) is 0. The van der Waals surface area contributed by atoms with Gasteiger partial charge in [0.25, 0.3) is 0 Å². The van der Waals surface area contributed by atoms with Crippen molar-refractivity contribution in [1.82, 2.24) is 0 Å². The summed E-state index contributed by atoms with van der Waals surface area (Å²) in [6.07, 6.45) is 2.41. The molecule has 1 aliphatic carbocycles. The van der Waals surface area contributed by atoms with E-state index >= 15 is 0 Å². The van der Waals surface area contributed by atoms with Gasteiger partial charge in [-0.3, -0.25) is 0 Å². The number of phenolic OH excluding ortho intramolecular Hbond substituents is 1. The highest BCUT2D eigenvalue weighted by Crippen LogP contribution is 2.41. The molecule has 2 rings (SSSR count). The molecule has 0 unspecified atom stereocenters. The van der Waals surface area contributed by atoms with Crippen LogP contribution in [0.1, 0.15) is 30.0 Å². The van der Waals surface area contributed by atoms with Crippen LogP contribution >= 0.6 is 12.4 Å². The monoisotopic (exact) mass is 213 g/mol. The lowest BCUT2D eigenvalue weighted by Crippen LogP contribution is -2.12. The molecule has 0 saturated heterocycles. The second-order valence-corrected chi connectivity index (χ2v) is 3.93. The van der Waals surface area contributed by atoms with Crippen LogP contribution in [0.5, 0.6) is 5.75 Å². The first kappa shape index (κ1) is 11.3. The van der Waals surface area contributed by atoms with E-state index in [9.17, 15) is 5.11 Å². The number of hydrogen-bond acceptors (Lipinski definition) is 2. The van der Waals surface area contributed by atoms with Crippen molar-refractivity contribution >= 4 is 12.4 Å². The zero-order valence-corrected chi connectivity index (χ0v) is 9.05. The van der Waals surface area contributed by atoms with E-state index in [2.05, 4.69) is 0 Å². The van der Waals surface area contributed by atoms with Crippen LogP contribution in [0.2, 0.25) is 0 Å². The molecular formula is C11H16ClNO. The SMILES string of the molecule is Cc1ccc(O)c([C@@H](N)C2CC2)c1.Cl.